The fourth-order valence-corrected chi connectivity index (χ4v) is 3.65. The molecule has 7 nitrogen and oxygen atoms in total. The minimum Gasteiger partial charge on any atom is -0.493 e. The number of carbonyl (C=O) groups is 1. The highest BCUT2D eigenvalue weighted by molar-refractivity contribution is 5.97. The Labute approximate surface area is 180 Å². The van der Waals surface area contributed by atoms with E-state index in [1.807, 2.05) is 13.0 Å². The highest BCUT2D eigenvalue weighted by Crippen LogP contribution is 2.34. The molecule has 3 aromatic rings. The third-order valence-electron chi connectivity index (χ3n) is 5.24. The van der Waals surface area contributed by atoms with Gasteiger partial charge in [0.2, 0.25) is 0 Å². The number of aryl methyl sites for hydroxylation is 1. The van der Waals surface area contributed by atoms with Gasteiger partial charge < -0.3 is 23.9 Å². The second-order valence-corrected chi connectivity index (χ2v) is 7.55. The van der Waals surface area contributed by atoms with Gasteiger partial charge in [0.15, 0.2) is 11.5 Å². The van der Waals surface area contributed by atoms with Crippen molar-refractivity contribution in [2.24, 2.45) is 0 Å². The lowest BCUT2D eigenvalue weighted by Crippen LogP contribution is -2.11. The summed E-state index contributed by atoms with van der Waals surface area (Å²) in [4.78, 5) is 24.5. The lowest BCUT2D eigenvalue weighted by Gasteiger charge is -2.16. The predicted molar refractivity (Wildman–Crippen MR) is 120 cm³/mol. The number of hydrogen-bond acceptors (Lipinski definition) is 7. The molecule has 1 N–H and O–H groups in total. The van der Waals surface area contributed by atoms with Crippen LogP contribution in [0.25, 0.3) is 11.0 Å². The molecule has 2 aromatic carbocycles. The molecule has 1 aromatic heterocycles. The van der Waals surface area contributed by atoms with E-state index >= 15 is 0 Å². The molecule has 164 valence electrons. The molecule has 0 aliphatic carbocycles. The number of anilines is 1. The summed E-state index contributed by atoms with van der Waals surface area (Å²) >= 11 is 0. The van der Waals surface area contributed by atoms with E-state index in [4.69, 9.17) is 18.6 Å². The van der Waals surface area contributed by atoms with E-state index in [0.29, 0.717) is 40.8 Å². The normalized spacial score (nSPS) is 10.9. The van der Waals surface area contributed by atoms with E-state index in [9.17, 15) is 9.59 Å². The standard InChI is InChI=1S/C24H27NO6/c1-13(2)16-9-17-15(8-23(26)31-20(17)7-14(16)3)12-25-19-11-22(29-5)21(28-4)10-18(19)24(27)30-6/h7-11,13,25H,12H2,1-6H3. The number of carbonyl (C=O) groups excluding carboxylic acids is 1. The number of hydrogen-bond donors (Lipinski definition) is 1. The summed E-state index contributed by atoms with van der Waals surface area (Å²) in [5.74, 6) is 0.691. The minimum atomic E-state index is -0.515. The van der Waals surface area contributed by atoms with E-state index in [1.165, 1.54) is 33.0 Å². The summed E-state index contributed by atoms with van der Waals surface area (Å²) < 4.78 is 21.0. The first-order valence-corrected chi connectivity index (χ1v) is 9.94. The Balaban J connectivity index is 2.07. The van der Waals surface area contributed by atoms with Gasteiger partial charge in [0.1, 0.15) is 5.58 Å². The highest BCUT2D eigenvalue weighted by atomic mass is 16.5. The first-order valence-electron chi connectivity index (χ1n) is 9.94. The molecule has 0 aliphatic rings. The van der Waals surface area contributed by atoms with Crippen LogP contribution in [0.5, 0.6) is 11.5 Å². The van der Waals surface area contributed by atoms with Gasteiger partial charge >= 0.3 is 11.6 Å². The highest BCUT2D eigenvalue weighted by Gasteiger charge is 2.18. The van der Waals surface area contributed by atoms with Gasteiger partial charge in [-0.15, -0.1) is 0 Å². The van der Waals surface area contributed by atoms with Crippen LogP contribution >= 0.6 is 0 Å². The average molecular weight is 425 g/mol. The summed E-state index contributed by atoms with van der Waals surface area (Å²) in [6.45, 7) is 6.54. The van der Waals surface area contributed by atoms with Crippen LogP contribution in [0.2, 0.25) is 0 Å². The van der Waals surface area contributed by atoms with Crippen LogP contribution in [0.3, 0.4) is 0 Å². The van der Waals surface area contributed by atoms with Crippen LogP contribution in [0.15, 0.2) is 39.5 Å². The number of benzene rings is 2. The summed E-state index contributed by atoms with van der Waals surface area (Å²) in [6.07, 6.45) is 0. The van der Waals surface area contributed by atoms with Crippen molar-refractivity contribution in [3.8, 4) is 11.5 Å². The molecule has 3 rings (SSSR count). The second kappa shape index (κ2) is 9.12. The second-order valence-electron chi connectivity index (χ2n) is 7.55. The van der Waals surface area contributed by atoms with Crippen LogP contribution in [-0.2, 0) is 11.3 Å². The molecule has 0 radical (unpaired) electrons. The zero-order chi connectivity index (χ0) is 22.7. The van der Waals surface area contributed by atoms with Gasteiger partial charge in [-0.3, -0.25) is 0 Å². The Bertz CT molecular complexity index is 1180. The smallest absolute Gasteiger partial charge is 0.340 e. The van der Waals surface area contributed by atoms with E-state index < -0.39 is 11.6 Å². The molecule has 0 unspecified atom stereocenters. The lowest BCUT2D eigenvalue weighted by molar-refractivity contribution is 0.0601. The summed E-state index contributed by atoms with van der Waals surface area (Å²) in [5, 5.41) is 4.09. The number of ether oxygens (including phenoxy) is 3. The van der Waals surface area contributed by atoms with Gasteiger partial charge in [0, 0.05) is 30.1 Å². The van der Waals surface area contributed by atoms with Gasteiger partial charge in [-0.05, 0) is 41.7 Å². The number of rotatable bonds is 7. The Morgan fingerprint density at radius 3 is 2.32 bits per heavy atom. The monoisotopic (exact) mass is 425 g/mol. The van der Waals surface area contributed by atoms with Crippen molar-refractivity contribution >= 4 is 22.6 Å². The number of esters is 1. The molecule has 0 bridgehead atoms. The summed E-state index contributed by atoms with van der Waals surface area (Å²) in [7, 11) is 4.33. The molecular formula is C24H27NO6. The van der Waals surface area contributed by atoms with Crippen molar-refractivity contribution < 1.29 is 23.4 Å². The van der Waals surface area contributed by atoms with Crippen molar-refractivity contribution in [3.63, 3.8) is 0 Å². The molecule has 0 amide bonds. The molecule has 1 heterocycles. The fraction of sp³-hybridized carbons (Fsp3) is 0.333. The molecule has 31 heavy (non-hydrogen) atoms. The van der Waals surface area contributed by atoms with Gasteiger partial charge in [0.05, 0.1) is 32.6 Å². The number of nitrogens with one attached hydrogen (secondary N) is 1. The maximum atomic E-state index is 12.3. The minimum absolute atomic E-state index is 0.294. The van der Waals surface area contributed by atoms with Crippen LogP contribution in [-0.4, -0.2) is 27.3 Å². The topological polar surface area (TPSA) is 87.0 Å². The number of fused-ring (bicyclic) bond motifs is 1. The van der Waals surface area contributed by atoms with E-state index in [2.05, 4.69) is 25.2 Å². The first-order chi connectivity index (χ1) is 14.8. The van der Waals surface area contributed by atoms with Crippen LogP contribution in [0.4, 0.5) is 5.69 Å². The third-order valence-corrected chi connectivity index (χ3v) is 5.24. The Morgan fingerprint density at radius 1 is 1.03 bits per heavy atom. The summed E-state index contributed by atoms with van der Waals surface area (Å²) in [5.41, 5.74) is 3.92. The maximum Gasteiger partial charge on any atom is 0.340 e. The van der Waals surface area contributed by atoms with Crippen LogP contribution in [0.1, 0.15) is 46.8 Å². The maximum absolute atomic E-state index is 12.3. The fourth-order valence-electron chi connectivity index (χ4n) is 3.65. The third kappa shape index (κ3) is 4.50. The predicted octanol–water partition coefficient (Wildman–Crippen LogP) is 4.64. The SMILES string of the molecule is COC(=O)c1cc(OC)c(OC)cc1NCc1cc(=O)oc2cc(C)c(C(C)C)cc12. The van der Waals surface area contributed by atoms with Gasteiger partial charge in [0.25, 0.3) is 0 Å². The quantitative estimate of drug-likeness (QED) is 0.436. The molecule has 0 aliphatic heterocycles. The van der Waals surface area contributed by atoms with E-state index in [-0.39, 0.29) is 0 Å². The van der Waals surface area contributed by atoms with Crippen molar-refractivity contribution in [1.82, 2.24) is 0 Å². The van der Waals surface area contributed by atoms with Crippen molar-refractivity contribution in [2.75, 3.05) is 26.6 Å². The van der Waals surface area contributed by atoms with Crippen molar-refractivity contribution in [2.45, 2.75) is 33.2 Å². The Kier molecular flexibility index (Phi) is 6.53. The van der Waals surface area contributed by atoms with Crippen molar-refractivity contribution in [3.05, 3.63) is 63.0 Å². The van der Waals surface area contributed by atoms with Crippen LogP contribution in [0, 0.1) is 6.92 Å². The molecule has 0 saturated heterocycles. The molecule has 0 fully saturated rings. The molecule has 0 atom stereocenters. The van der Waals surface area contributed by atoms with E-state index in [0.717, 1.165) is 16.5 Å². The zero-order valence-corrected chi connectivity index (χ0v) is 18.6. The van der Waals surface area contributed by atoms with Gasteiger partial charge in [-0.2, -0.15) is 0 Å². The average Bonchev–Trinajstić information content (AvgIpc) is 2.75. The molecule has 0 spiro atoms. The Hall–Kier alpha value is -3.48. The zero-order valence-electron chi connectivity index (χ0n) is 18.6. The van der Waals surface area contributed by atoms with E-state index in [1.54, 1.807) is 12.1 Å². The summed E-state index contributed by atoms with van der Waals surface area (Å²) in [6, 6.07) is 8.65. The lowest BCUT2D eigenvalue weighted by atomic mass is 9.95. The van der Waals surface area contributed by atoms with Crippen molar-refractivity contribution in [1.29, 1.82) is 0 Å². The Morgan fingerprint density at radius 2 is 1.71 bits per heavy atom. The molecule has 7 heteroatoms. The molecular weight excluding hydrogens is 398 g/mol. The number of methoxy groups -OCH3 is 3. The van der Waals surface area contributed by atoms with Crippen LogP contribution < -0.4 is 20.4 Å². The largest absolute Gasteiger partial charge is 0.493 e. The van der Waals surface area contributed by atoms with Gasteiger partial charge in [-0.25, -0.2) is 9.59 Å². The molecule has 0 saturated carbocycles. The first kappa shape index (κ1) is 22.2. The van der Waals surface area contributed by atoms with Gasteiger partial charge in [-0.1, -0.05) is 13.8 Å².